The molecule has 3 heteroatoms. The maximum atomic E-state index is 3.60. The Morgan fingerprint density at radius 3 is 2.50 bits per heavy atom. The molecule has 0 bridgehead atoms. The van der Waals surface area contributed by atoms with Gasteiger partial charge in [0.05, 0.1) is 0 Å². The van der Waals surface area contributed by atoms with Gasteiger partial charge in [0, 0.05) is 26.9 Å². The van der Waals surface area contributed by atoms with Gasteiger partial charge >= 0.3 is 0 Å². The van der Waals surface area contributed by atoms with E-state index in [1.54, 1.807) is 11.8 Å². The summed E-state index contributed by atoms with van der Waals surface area (Å²) in [5.74, 6) is 0. The van der Waals surface area contributed by atoms with Crippen LogP contribution >= 0.6 is 27.7 Å². The average molecular weight is 350 g/mol. The molecule has 0 fully saturated rings. The van der Waals surface area contributed by atoms with Gasteiger partial charge in [-0.05, 0) is 52.2 Å². The highest BCUT2D eigenvalue weighted by molar-refractivity contribution is 9.10. The molecule has 0 radical (unpaired) electrons. The third-order valence-electron chi connectivity index (χ3n) is 3.01. The van der Waals surface area contributed by atoms with Gasteiger partial charge in [-0.3, -0.25) is 0 Å². The number of aryl methyl sites for hydroxylation is 1. The number of benzene rings is 2. The summed E-state index contributed by atoms with van der Waals surface area (Å²) in [6.07, 6.45) is 0. The minimum atomic E-state index is 0.518. The van der Waals surface area contributed by atoms with E-state index in [2.05, 4.69) is 78.4 Å². The summed E-state index contributed by atoms with van der Waals surface area (Å²) < 4.78 is 1.15. The fraction of sp³-hybridized carbons (Fsp3) is 0.294. The molecule has 0 saturated heterocycles. The third kappa shape index (κ3) is 4.37. The molecule has 0 aliphatic rings. The summed E-state index contributed by atoms with van der Waals surface area (Å²) in [7, 11) is 0. The predicted octanol–water partition coefficient (Wildman–Crippen LogP) is 5.41. The van der Waals surface area contributed by atoms with Crippen molar-refractivity contribution in [2.75, 3.05) is 0 Å². The zero-order valence-electron chi connectivity index (χ0n) is 12.1. The quantitative estimate of drug-likeness (QED) is 0.774. The second kappa shape index (κ2) is 7.30. The first kappa shape index (κ1) is 15.6. The Kier molecular flexibility index (Phi) is 5.70. The first-order valence-corrected chi connectivity index (χ1v) is 8.42. The highest BCUT2D eigenvalue weighted by Gasteiger charge is 2.05. The Bertz CT molecular complexity index is 581. The lowest BCUT2D eigenvalue weighted by atomic mass is 10.1. The molecule has 1 nitrogen and oxygen atoms in total. The molecule has 0 amide bonds. The highest BCUT2D eigenvalue weighted by Crippen LogP contribution is 2.35. The molecule has 0 aliphatic carbocycles. The van der Waals surface area contributed by atoms with Crippen molar-refractivity contribution in [2.24, 2.45) is 0 Å². The van der Waals surface area contributed by atoms with Gasteiger partial charge in [0.1, 0.15) is 0 Å². The second-order valence-electron chi connectivity index (χ2n) is 5.17. The smallest absolute Gasteiger partial charge is 0.0314 e. The Labute approximate surface area is 134 Å². The molecule has 2 aromatic rings. The van der Waals surface area contributed by atoms with Gasteiger partial charge in [-0.25, -0.2) is 0 Å². The highest BCUT2D eigenvalue weighted by atomic mass is 79.9. The molecule has 0 aromatic heterocycles. The van der Waals surface area contributed by atoms with Gasteiger partial charge in [-0.1, -0.05) is 49.9 Å². The van der Waals surface area contributed by atoms with E-state index in [0.29, 0.717) is 6.04 Å². The Hall–Kier alpha value is -0.770. The SMILES string of the molecule is Cc1cc(CNC(C)C)ccc1Sc1ccccc1Br. The summed E-state index contributed by atoms with van der Waals surface area (Å²) in [5.41, 5.74) is 2.67. The van der Waals surface area contributed by atoms with Crippen molar-refractivity contribution in [3.05, 3.63) is 58.1 Å². The van der Waals surface area contributed by atoms with Crippen LogP contribution in [0.1, 0.15) is 25.0 Å². The molecule has 106 valence electrons. The number of rotatable bonds is 5. The molecule has 0 unspecified atom stereocenters. The normalized spacial score (nSPS) is 11.1. The molecule has 20 heavy (non-hydrogen) atoms. The maximum Gasteiger partial charge on any atom is 0.0314 e. The van der Waals surface area contributed by atoms with Crippen molar-refractivity contribution >= 4 is 27.7 Å². The van der Waals surface area contributed by atoms with Gasteiger partial charge < -0.3 is 5.32 Å². The van der Waals surface area contributed by atoms with E-state index >= 15 is 0 Å². The van der Waals surface area contributed by atoms with Crippen molar-refractivity contribution in [1.29, 1.82) is 0 Å². The molecular formula is C17H20BrNS. The lowest BCUT2D eigenvalue weighted by molar-refractivity contribution is 0.588. The standard InChI is InChI=1S/C17H20BrNS/c1-12(2)19-11-14-8-9-16(13(3)10-14)20-17-7-5-4-6-15(17)18/h4-10,12,19H,11H2,1-3H3. The van der Waals surface area contributed by atoms with Gasteiger partial charge in [-0.2, -0.15) is 0 Å². The fourth-order valence-electron chi connectivity index (χ4n) is 1.90. The molecule has 1 N–H and O–H groups in total. The van der Waals surface area contributed by atoms with Crippen LogP contribution in [0.3, 0.4) is 0 Å². The lowest BCUT2D eigenvalue weighted by Crippen LogP contribution is -2.21. The molecular weight excluding hydrogens is 330 g/mol. The van der Waals surface area contributed by atoms with Crippen LogP contribution in [0.2, 0.25) is 0 Å². The van der Waals surface area contributed by atoms with Crippen LogP contribution in [-0.2, 0) is 6.54 Å². The van der Waals surface area contributed by atoms with Crippen LogP contribution in [0.4, 0.5) is 0 Å². The summed E-state index contributed by atoms with van der Waals surface area (Å²) in [6, 6.07) is 15.6. The Balaban J connectivity index is 2.12. The van der Waals surface area contributed by atoms with E-state index in [-0.39, 0.29) is 0 Å². The van der Waals surface area contributed by atoms with Crippen LogP contribution in [-0.4, -0.2) is 6.04 Å². The molecule has 0 heterocycles. The van der Waals surface area contributed by atoms with Crippen LogP contribution < -0.4 is 5.32 Å². The molecule has 0 saturated carbocycles. The van der Waals surface area contributed by atoms with Crippen LogP contribution in [0, 0.1) is 6.92 Å². The average Bonchev–Trinajstić information content (AvgIpc) is 2.41. The van der Waals surface area contributed by atoms with E-state index < -0.39 is 0 Å². The first-order chi connectivity index (χ1) is 9.56. The monoisotopic (exact) mass is 349 g/mol. The zero-order valence-corrected chi connectivity index (χ0v) is 14.5. The lowest BCUT2D eigenvalue weighted by Gasteiger charge is -2.11. The van der Waals surface area contributed by atoms with Gasteiger partial charge in [0.15, 0.2) is 0 Å². The molecule has 2 aromatic carbocycles. The predicted molar refractivity (Wildman–Crippen MR) is 91.4 cm³/mol. The topological polar surface area (TPSA) is 12.0 Å². The van der Waals surface area contributed by atoms with Gasteiger partial charge in [-0.15, -0.1) is 0 Å². The minimum Gasteiger partial charge on any atom is -0.310 e. The summed E-state index contributed by atoms with van der Waals surface area (Å²) in [4.78, 5) is 2.56. The van der Waals surface area contributed by atoms with E-state index in [0.717, 1.165) is 11.0 Å². The molecule has 0 atom stereocenters. The second-order valence-corrected chi connectivity index (χ2v) is 7.11. The Morgan fingerprint density at radius 1 is 1.10 bits per heavy atom. The first-order valence-electron chi connectivity index (χ1n) is 6.81. The molecule has 0 aliphatic heterocycles. The summed E-state index contributed by atoms with van der Waals surface area (Å²) >= 11 is 5.41. The molecule has 0 spiro atoms. The van der Waals surface area contributed by atoms with Crippen molar-refractivity contribution < 1.29 is 0 Å². The maximum absolute atomic E-state index is 3.60. The summed E-state index contributed by atoms with van der Waals surface area (Å²) in [5, 5.41) is 3.45. The number of halogens is 1. The van der Waals surface area contributed by atoms with E-state index in [1.165, 1.54) is 20.9 Å². The van der Waals surface area contributed by atoms with Crippen LogP contribution in [0.15, 0.2) is 56.7 Å². The summed E-state index contributed by atoms with van der Waals surface area (Å²) in [6.45, 7) is 7.45. The number of hydrogen-bond acceptors (Lipinski definition) is 2. The Morgan fingerprint density at radius 2 is 1.85 bits per heavy atom. The van der Waals surface area contributed by atoms with Crippen molar-refractivity contribution in [3.63, 3.8) is 0 Å². The number of nitrogens with one attached hydrogen (secondary N) is 1. The van der Waals surface area contributed by atoms with Crippen molar-refractivity contribution in [2.45, 2.75) is 43.1 Å². The van der Waals surface area contributed by atoms with Gasteiger partial charge in [0.2, 0.25) is 0 Å². The van der Waals surface area contributed by atoms with E-state index in [4.69, 9.17) is 0 Å². The zero-order chi connectivity index (χ0) is 14.5. The van der Waals surface area contributed by atoms with Crippen molar-refractivity contribution in [1.82, 2.24) is 5.32 Å². The van der Waals surface area contributed by atoms with Crippen molar-refractivity contribution in [3.8, 4) is 0 Å². The van der Waals surface area contributed by atoms with Gasteiger partial charge in [0.25, 0.3) is 0 Å². The largest absolute Gasteiger partial charge is 0.310 e. The van der Waals surface area contributed by atoms with E-state index in [1.807, 2.05) is 6.07 Å². The minimum absolute atomic E-state index is 0.518. The van der Waals surface area contributed by atoms with E-state index in [9.17, 15) is 0 Å². The molecule has 2 rings (SSSR count). The third-order valence-corrected chi connectivity index (χ3v) is 5.22. The van der Waals surface area contributed by atoms with Crippen LogP contribution in [0.25, 0.3) is 0 Å². The fourth-order valence-corrected chi connectivity index (χ4v) is 3.34. The number of hydrogen-bond donors (Lipinski definition) is 1. The van der Waals surface area contributed by atoms with Crippen LogP contribution in [0.5, 0.6) is 0 Å².